The van der Waals surface area contributed by atoms with E-state index in [4.69, 9.17) is 0 Å². The topological polar surface area (TPSA) is 12.4 Å². The smallest absolute Gasteiger partial charge is 0.0435 e. The molecule has 0 N–H and O–H groups in total. The number of aliphatic imine (C=N–C) groups is 1. The molecule has 1 aromatic rings. The second-order valence-electron chi connectivity index (χ2n) is 4.40. The summed E-state index contributed by atoms with van der Waals surface area (Å²) in [6.45, 7) is 0. The fourth-order valence-electron chi connectivity index (χ4n) is 2.36. The van der Waals surface area contributed by atoms with Crippen LogP contribution >= 0.6 is 12.4 Å². The summed E-state index contributed by atoms with van der Waals surface area (Å²) in [5, 5.41) is 0. The second kappa shape index (κ2) is 5.33. The lowest BCUT2D eigenvalue weighted by molar-refractivity contribution is 0.678. The summed E-state index contributed by atoms with van der Waals surface area (Å²) >= 11 is 0. The van der Waals surface area contributed by atoms with Crippen LogP contribution in [0.3, 0.4) is 0 Å². The Hall–Kier alpha value is -1.34. The van der Waals surface area contributed by atoms with Crippen LogP contribution in [0.1, 0.15) is 36.8 Å². The fourth-order valence-corrected chi connectivity index (χ4v) is 2.36. The van der Waals surface area contributed by atoms with Crippen molar-refractivity contribution >= 4 is 24.7 Å². The van der Waals surface area contributed by atoms with Crippen LogP contribution in [-0.4, -0.2) is 6.21 Å². The summed E-state index contributed by atoms with van der Waals surface area (Å²) in [5.74, 6) is 0. The van der Waals surface area contributed by atoms with Crippen LogP contribution in [0.5, 0.6) is 0 Å². The number of hydrogen-bond acceptors (Lipinski definition) is 1. The average molecular weight is 246 g/mol. The number of nitrogens with zero attached hydrogens (tertiary/aromatic N) is 1. The normalized spacial score (nSPS) is 19.5. The van der Waals surface area contributed by atoms with E-state index < -0.39 is 0 Å². The molecule has 0 aromatic heterocycles. The summed E-state index contributed by atoms with van der Waals surface area (Å²) < 4.78 is 0. The van der Waals surface area contributed by atoms with E-state index in [9.17, 15) is 0 Å². The molecule has 2 aliphatic rings. The van der Waals surface area contributed by atoms with Gasteiger partial charge in [0.1, 0.15) is 0 Å². The molecule has 3 rings (SSSR count). The van der Waals surface area contributed by atoms with Gasteiger partial charge in [0.2, 0.25) is 0 Å². The molecule has 0 unspecified atom stereocenters. The molecule has 2 heteroatoms. The first-order valence-electron chi connectivity index (χ1n) is 5.97. The van der Waals surface area contributed by atoms with Gasteiger partial charge in [-0.1, -0.05) is 36.4 Å². The molecule has 0 spiro atoms. The first kappa shape index (κ1) is 12.1. The molecule has 0 radical (unpaired) electrons. The van der Waals surface area contributed by atoms with Crippen LogP contribution in [0.4, 0.5) is 0 Å². The molecule has 0 bridgehead atoms. The molecule has 1 nitrogen and oxygen atoms in total. The van der Waals surface area contributed by atoms with Crippen molar-refractivity contribution in [1.29, 1.82) is 0 Å². The highest BCUT2D eigenvalue weighted by atomic mass is 35.5. The van der Waals surface area contributed by atoms with Crippen molar-refractivity contribution in [2.75, 3.05) is 0 Å². The molecule has 0 saturated heterocycles. The Balaban J connectivity index is 0.00000108. The molecule has 0 amide bonds. The highest BCUT2D eigenvalue weighted by Crippen LogP contribution is 2.28. The molecule has 1 aliphatic carbocycles. The SMILES string of the molecule is C1=NC2=C(/C=C\c3ccccc31)CCCC2.Cl. The van der Waals surface area contributed by atoms with Gasteiger partial charge in [-0.15, -0.1) is 12.4 Å². The highest BCUT2D eigenvalue weighted by Gasteiger charge is 2.11. The van der Waals surface area contributed by atoms with Crippen molar-refractivity contribution < 1.29 is 0 Å². The van der Waals surface area contributed by atoms with Gasteiger partial charge in [-0.2, -0.15) is 0 Å². The maximum absolute atomic E-state index is 4.65. The van der Waals surface area contributed by atoms with Crippen molar-refractivity contribution in [1.82, 2.24) is 0 Å². The van der Waals surface area contributed by atoms with Gasteiger partial charge in [0.15, 0.2) is 0 Å². The molecule has 88 valence electrons. The van der Waals surface area contributed by atoms with E-state index in [0.717, 1.165) is 6.42 Å². The Labute approximate surface area is 108 Å². The predicted octanol–water partition coefficient (Wildman–Crippen LogP) is 4.38. The summed E-state index contributed by atoms with van der Waals surface area (Å²) in [6.07, 6.45) is 11.4. The average Bonchev–Trinajstić information content (AvgIpc) is 2.32. The quantitative estimate of drug-likeness (QED) is 0.643. The van der Waals surface area contributed by atoms with Gasteiger partial charge in [0.25, 0.3) is 0 Å². The van der Waals surface area contributed by atoms with Gasteiger partial charge in [0.05, 0.1) is 0 Å². The molecular weight excluding hydrogens is 230 g/mol. The van der Waals surface area contributed by atoms with Gasteiger partial charge in [-0.25, -0.2) is 0 Å². The van der Waals surface area contributed by atoms with Crippen LogP contribution in [-0.2, 0) is 0 Å². The Bertz CT molecular complexity index is 452. The number of benzene rings is 1. The largest absolute Gasteiger partial charge is 0.260 e. The second-order valence-corrected chi connectivity index (χ2v) is 4.40. The molecular formula is C15H16ClN. The molecule has 0 atom stereocenters. The summed E-state index contributed by atoms with van der Waals surface area (Å²) in [6, 6.07) is 8.41. The van der Waals surface area contributed by atoms with Crippen LogP contribution in [0.15, 0.2) is 46.6 Å². The minimum Gasteiger partial charge on any atom is -0.260 e. The summed E-state index contributed by atoms with van der Waals surface area (Å²) in [5.41, 5.74) is 5.20. The highest BCUT2D eigenvalue weighted by molar-refractivity contribution is 5.87. The zero-order valence-corrected chi connectivity index (χ0v) is 10.5. The fraction of sp³-hybridized carbons (Fsp3) is 0.267. The third-order valence-corrected chi connectivity index (χ3v) is 3.30. The van der Waals surface area contributed by atoms with Crippen molar-refractivity contribution in [2.45, 2.75) is 25.7 Å². The minimum atomic E-state index is 0. The van der Waals surface area contributed by atoms with Crippen molar-refractivity contribution in [3.63, 3.8) is 0 Å². The maximum Gasteiger partial charge on any atom is 0.0435 e. The summed E-state index contributed by atoms with van der Waals surface area (Å²) in [4.78, 5) is 4.65. The zero-order chi connectivity index (χ0) is 10.8. The van der Waals surface area contributed by atoms with Crippen molar-refractivity contribution in [3.8, 4) is 0 Å². The third-order valence-electron chi connectivity index (χ3n) is 3.30. The van der Waals surface area contributed by atoms with Gasteiger partial charge in [0, 0.05) is 11.9 Å². The number of halogens is 1. The van der Waals surface area contributed by atoms with Gasteiger partial charge in [-0.3, -0.25) is 4.99 Å². The molecule has 1 heterocycles. The number of allylic oxidation sites excluding steroid dienone is 3. The van der Waals surface area contributed by atoms with E-state index in [-0.39, 0.29) is 12.4 Å². The lowest BCUT2D eigenvalue weighted by Gasteiger charge is -2.16. The van der Waals surface area contributed by atoms with Gasteiger partial charge in [-0.05, 0) is 42.4 Å². The molecule has 0 saturated carbocycles. The van der Waals surface area contributed by atoms with Crippen LogP contribution in [0.25, 0.3) is 6.08 Å². The third kappa shape index (κ3) is 2.50. The predicted molar refractivity (Wildman–Crippen MR) is 75.8 cm³/mol. The Morgan fingerprint density at radius 1 is 0.882 bits per heavy atom. The molecule has 1 aromatic carbocycles. The maximum atomic E-state index is 4.65. The lowest BCUT2D eigenvalue weighted by atomic mass is 9.94. The van der Waals surface area contributed by atoms with Crippen LogP contribution in [0.2, 0.25) is 0 Å². The van der Waals surface area contributed by atoms with E-state index in [2.05, 4.69) is 41.4 Å². The van der Waals surface area contributed by atoms with Gasteiger partial charge >= 0.3 is 0 Å². The van der Waals surface area contributed by atoms with E-state index in [0.29, 0.717) is 0 Å². The van der Waals surface area contributed by atoms with Crippen molar-refractivity contribution in [3.05, 3.63) is 52.7 Å². The lowest BCUT2D eigenvalue weighted by Crippen LogP contribution is -1.99. The number of fused-ring (bicyclic) bond motifs is 1. The summed E-state index contributed by atoms with van der Waals surface area (Å²) in [7, 11) is 0. The van der Waals surface area contributed by atoms with Crippen LogP contribution in [0, 0.1) is 0 Å². The van der Waals surface area contributed by atoms with Crippen LogP contribution < -0.4 is 0 Å². The molecule has 0 fully saturated rings. The first-order chi connectivity index (χ1) is 7.93. The zero-order valence-electron chi connectivity index (χ0n) is 9.73. The van der Waals surface area contributed by atoms with E-state index >= 15 is 0 Å². The first-order valence-corrected chi connectivity index (χ1v) is 5.97. The van der Waals surface area contributed by atoms with E-state index in [1.54, 1.807) is 0 Å². The Morgan fingerprint density at radius 2 is 1.65 bits per heavy atom. The Kier molecular flexibility index (Phi) is 3.80. The molecule has 17 heavy (non-hydrogen) atoms. The minimum absolute atomic E-state index is 0. The van der Waals surface area contributed by atoms with Crippen molar-refractivity contribution in [2.24, 2.45) is 4.99 Å². The van der Waals surface area contributed by atoms with E-state index in [1.165, 1.54) is 41.7 Å². The van der Waals surface area contributed by atoms with E-state index in [1.807, 2.05) is 6.21 Å². The Morgan fingerprint density at radius 3 is 2.53 bits per heavy atom. The number of rotatable bonds is 0. The molecule has 1 aliphatic heterocycles. The monoisotopic (exact) mass is 245 g/mol. The standard InChI is InChI=1S/C15H15N.ClH/c1-2-7-14-11-16-15-8-4-3-6-13(15)10-9-12(14)5-1;/h1-2,5,7,9-11H,3-4,6,8H2;1H/b10-9-,12-9?,13-10?,14-11?,16-11?,16-15?;. The van der Waals surface area contributed by atoms with Gasteiger partial charge < -0.3 is 0 Å². The number of hydrogen-bond donors (Lipinski definition) is 0.